The van der Waals surface area contributed by atoms with Gasteiger partial charge >= 0.3 is 0 Å². The topological polar surface area (TPSA) is 85.4 Å². The molecule has 0 aromatic carbocycles. The minimum Gasteiger partial charge on any atom is -0.382 e. The van der Waals surface area contributed by atoms with E-state index in [0.717, 1.165) is 69.7 Å². The highest BCUT2D eigenvalue weighted by molar-refractivity contribution is 14.0. The van der Waals surface area contributed by atoms with Crippen LogP contribution in [0, 0.1) is 12.8 Å². The molecule has 2 aromatic heterocycles. The first-order valence-corrected chi connectivity index (χ1v) is 10.5. The number of hydrogen-bond donors (Lipinski definition) is 1. The number of ether oxygens (including phenoxy) is 1. The van der Waals surface area contributed by atoms with Crippen molar-refractivity contribution in [2.75, 3.05) is 32.8 Å². The van der Waals surface area contributed by atoms with Gasteiger partial charge in [-0.2, -0.15) is 5.10 Å². The van der Waals surface area contributed by atoms with E-state index >= 15 is 0 Å². The van der Waals surface area contributed by atoms with Crippen molar-refractivity contribution in [1.82, 2.24) is 34.8 Å². The minimum atomic E-state index is 0. The van der Waals surface area contributed by atoms with Crippen LogP contribution < -0.4 is 5.32 Å². The summed E-state index contributed by atoms with van der Waals surface area (Å²) in [7, 11) is 3.95. The first kappa shape index (κ1) is 24.6. The van der Waals surface area contributed by atoms with Crippen LogP contribution in [0.3, 0.4) is 0 Å². The lowest BCUT2D eigenvalue weighted by atomic mass is 10.0. The summed E-state index contributed by atoms with van der Waals surface area (Å²) in [6, 6.07) is 0. The number of hydrogen-bond acceptors (Lipinski definition) is 5. The summed E-state index contributed by atoms with van der Waals surface area (Å²) in [6.45, 7) is 8.89. The zero-order valence-electron chi connectivity index (χ0n) is 18.5. The van der Waals surface area contributed by atoms with Gasteiger partial charge in [0.15, 0.2) is 11.8 Å². The van der Waals surface area contributed by atoms with E-state index < -0.39 is 0 Å². The second kappa shape index (κ2) is 12.2. The van der Waals surface area contributed by atoms with Crippen LogP contribution in [0.15, 0.2) is 17.4 Å². The van der Waals surface area contributed by atoms with Gasteiger partial charge in [0.05, 0.1) is 6.20 Å². The predicted octanol–water partition coefficient (Wildman–Crippen LogP) is 1.91. The maximum Gasteiger partial charge on any atom is 0.194 e. The zero-order chi connectivity index (χ0) is 20.6. The summed E-state index contributed by atoms with van der Waals surface area (Å²) >= 11 is 0. The molecule has 10 heteroatoms. The van der Waals surface area contributed by atoms with E-state index in [1.54, 1.807) is 0 Å². The summed E-state index contributed by atoms with van der Waals surface area (Å²) in [4.78, 5) is 7.23. The van der Waals surface area contributed by atoms with Gasteiger partial charge in [-0.25, -0.2) is 4.99 Å². The van der Waals surface area contributed by atoms with Gasteiger partial charge in [-0.15, -0.1) is 34.2 Å². The summed E-state index contributed by atoms with van der Waals surface area (Å²) < 4.78 is 9.32. The average molecular weight is 530 g/mol. The van der Waals surface area contributed by atoms with Gasteiger partial charge in [0.2, 0.25) is 0 Å². The van der Waals surface area contributed by atoms with Crippen LogP contribution >= 0.6 is 24.0 Å². The molecule has 0 aliphatic carbocycles. The molecule has 1 atom stereocenters. The molecule has 1 saturated heterocycles. The zero-order valence-corrected chi connectivity index (χ0v) is 20.9. The Balaban J connectivity index is 0.00000320. The van der Waals surface area contributed by atoms with Crippen LogP contribution in [-0.2, 0) is 31.8 Å². The third-order valence-electron chi connectivity index (χ3n) is 5.37. The van der Waals surface area contributed by atoms with Gasteiger partial charge in [0.25, 0.3) is 0 Å². The number of nitrogens with one attached hydrogen (secondary N) is 1. The number of aromatic nitrogens is 5. The molecule has 0 spiro atoms. The molecular formula is C20H35IN8O. The van der Waals surface area contributed by atoms with Crippen molar-refractivity contribution in [2.45, 2.75) is 39.7 Å². The molecule has 0 bridgehead atoms. The highest BCUT2D eigenvalue weighted by atomic mass is 127. The lowest BCUT2D eigenvalue weighted by molar-refractivity contribution is 0.145. The van der Waals surface area contributed by atoms with Gasteiger partial charge in [-0.3, -0.25) is 4.68 Å². The van der Waals surface area contributed by atoms with Gasteiger partial charge < -0.3 is 19.5 Å². The standard InChI is InChI=1S/C20H34N8O.HI/c1-5-29-10-6-8-21-20(22-13-19-25-24-16(2)27(19)4)28-9-7-17(15-28)11-18-12-23-26(3)14-18;/h12,14,17H,5-11,13,15H2,1-4H3,(H,21,22);1H. The largest absolute Gasteiger partial charge is 0.382 e. The molecule has 0 saturated carbocycles. The Morgan fingerprint density at radius 1 is 1.33 bits per heavy atom. The smallest absolute Gasteiger partial charge is 0.194 e. The predicted molar refractivity (Wildman–Crippen MR) is 128 cm³/mol. The molecule has 30 heavy (non-hydrogen) atoms. The maximum absolute atomic E-state index is 5.45. The van der Waals surface area contributed by atoms with Crippen LogP contribution in [0.5, 0.6) is 0 Å². The number of rotatable bonds is 9. The van der Waals surface area contributed by atoms with Crippen LogP contribution in [0.1, 0.15) is 37.0 Å². The third-order valence-corrected chi connectivity index (χ3v) is 5.37. The van der Waals surface area contributed by atoms with E-state index in [4.69, 9.17) is 9.73 Å². The number of nitrogens with zero attached hydrogens (tertiary/aromatic N) is 7. The van der Waals surface area contributed by atoms with Gasteiger partial charge in [0, 0.05) is 53.1 Å². The number of aliphatic imine (C=N–C) groups is 1. The summed E-state index contributed by atoms with van der Waals surface area (Å²) in [5, 5.41) is 16.2. The molecule has 3 rings (SSSR count). The second-order valence-corrected chi connectivity index (χ2v) is 7.67. The second-order valence-electron chi connectivity index (χ2n) is 7.67. The monoisotopic (exact) mass is 530 g/mol. The Kier molecular flexibility index (Phi) is 10.0. The number of halogens is 1. The lowest BCUT2D eigenvalue weighted by Crippen LogP contribution is -2.41. The van der Waals surface area contributed by atoms with Crippen LogP contribution in [0.25, 0.3) is 0 Å². The molecule has 168 valence electrons. The van der Waals surface area contributed by atoms with Crippen molar-refractivity contribution in [1.29, 1.82) is 0 Å². The SMILES string of the molecule is CCOCCCNC(=NCc1nnc(C)n1C)N1CCC(Cc2cnn(C)c2)C1.I. The highest BCUT2D eigenvalue weighted by Crippen LogP contribution is 2.21. The molecule has 2 aromatic rings. The Morgan fingerprint density at radius 3 is 2.83 bits per heavy atom. The van der Waals surface area contributed by atoms with Gasteiger partial charge in [-0.1, -0.05) is 0 Å². The molecule has 0 radical (unpaired) electrons. The first-order valence-electron chi connectivity index (χ1n) is 10.5. The number of guanidine groups is 1. The van der Waals surface area contributed by atoms with Crippen molar-refractivity contribution >= 4 is 29.9 Å². The van der Waals surface area contributed by atoms with Gasteiger partial charge in [0.1, 0.15) is 12.4 Å². The van der Waals surface area contributed by atoms with Gasteiger partial charge in [-0.05, 0) is 44.6 Å². The van der Waals surface area contributed by atoms with Crippen molar-refractivity contribution < 1.29 is 4.74 Å². The quantitative estimate of drug-likeness (QED) is 0.231. The number of aryl methyl sites for hydroxylation is 2. The van der Waals surface area contributed by atoms with Crippen molar-refractivity contribution in [2.24, 2.45) is 25.0 Å². The number of likely N-dealkylation sites (tertiary alicyclic amines) is 1. The van der Waals surface area contributed by atoms with Crippen molar-refractivity contribution in [3.8, 4) is 0 Å². The fraction of sp³-hybridized carbons (Fsp3) is 0.700. The maximum atomic E-state index is 5.45. The Hall–Kier alpha value is -1.69. The summed E-state index contributed by atoms with van der Waals surface area (Å²) in [5.41, 5.74) is 1.30. The summed E-state index contributed by atoms with van der Waals surface area (Å²) in [5.74, 6) is 3.35. The van der Waals surface area contributed by atoms with E-state index in [-0.39, 0.29) is 24.0 Å². The Labute approximate surface area is 196 Å². The van der Waals surface area contributed by atoms with E-state index in [1.165, 1.54) is 5.56 Å². The molecule has 1 unspecified atom stereocenters. The molecule has 1 aliphatic rings. The van der Waals surface area contributed by atoms with E-state index in [2.05, 4.69) is 31.7 Å². The molecular weight excluding hydrogens is 495 g/mol. The van der Waals surface area contributed by atoms with Crippen molar-refractivity contribution in [3.63, 3.8) is 0 Å². The van der Waals surface area contributed by atoms with Crippen LogP contribution in [0.4, 0.5) is 0 Å². The fourth-order valence-electron chi connectivity index (χ4n) is 3.62. The highest BCUT2D eigenvalue weighted by Gasteiger charge is 2.25. The summed E-state index contributed by atoms with van der Waals surface area (Å²) in [6.07, 6.45) is 7.27. The first-order chi connectivity index (χ1) is 14.1. The Bertz CT molecular complexity index is 803. The third kappa shape index (κ3) is 6.93. The molecule has 1 N–H and O–H groups in total. The van der Waals surface area contributed by atoms with Crippen molar-refractivity contribution in [3.05, 3.63) is 29.6 Å². The normalized spacial score (nSPS) is 16.7. The average Bonchev–Trinajstić information content (AvgIpc) is 3.41. The van der Waals surface area contributed by atoms with E-state index in [9.17, 15) is 0 Å². The molecule has 9 nitrogen and oxygen atoms in total. The molecule has 3 heterocycles. The molecule has 1 fully saturated rings. The molecule has 0 amide bonds. The Morgan fingerprint density at radius 2 is 2.17 bits per heavy atom. The van der Waals surface area contributed by atoms with E-state index in [1.807, 2.05) is 43.4 Å². The minimum absolute atomic E-state index is 0. The van der Waals surface area contributed by atoms with Crippen LogP contribution in [0.2, 0.25) is 0 Å². The van der Waals surface area contributed by atoms with E-state index in [0.29, 0.717) is 12.5 Å². The molecule has 1 aliphatic heterocycles. The van der Waals surface area contributed by atoms with Crippen LogP contribution in [-0.4, -0.2) is 68.3 Å². The fourth-order valence-corrected chi connectivity index (χ4v) is 3.62. The lowest BCUT2D eigenvalue weighted by Gasteiger charge is -2.22.